The van der Waals surface area contributed by atoms with Crippen LogP contribution in [0.3, 0.4) is 0 Å². The number of aryl methyl sites for hydroxylation is 1. The van der Waals surface area contributed by atoms with Gasteiger partial charge in [-0.2, -0.15) is 0 Å². The SMILES string of the molecule is Cn1nnnc1SCC1=C(C(=O)O)N2C(=O)C(/N=C/N3CCC(CCCN)CC3)[C@H]2SC1. The Morgan fingerprint density at radius 2 is 2.19 bits per heavy atom. The van der Waals surface area contributed by atoms with Crippen molar-refractivity contribution in [2.75, 3.05) is 31.1 Å². The van der Waals surface area contributed by atoms with Gasteiger partial charge in [-0.1, -0.05) is 11.8 Å². The summed E-state index contributed by atoms with van der Waals surface area (Å²) in [4.78, 5) is 32.9. The summed E-state index contributed by atoms with van der Waals surface area (Å²) in [6.45, 7) is 2.60. The fourth-order valence-electron chi connectivity index (χ4n) is 4.20. The highest BCUT2D eigenvalue weighted by atomic mass is 32.2. The van der Waals surface area contributed by atoms with Crippen LogP contribution >= 0.6 is 23.5 Å². The normalized spacial score (nSPS) is 24.2. The Labute approximate surface area is 194 Å². The van der Waals surface area contributed by atoms with Gasteiger partial charge in [0.05, 0.1) is 6.34 Å². The van der Waals surface area contributed by atoms with Gasteiger partial charge < -0.3 is 15.7 Å². The van der Waals surface area contributed by atoms with Crippen molar-refractivity contribution in [3.8, 4) is 0 Å². The van der Waals surface area contributed by atoms with Gasteiger partial charge >= 0.3 is 5.97 Å². The molecule has 4 rings (SSSR count). The lowest BCUT2D eigenvalue weighted by Gasteiger charge is -2.48. The number of rotatable bonds is 9. The Morgan fingerprint density at radius 3 is 2.84 bits per heavy atom. The molecule has 11 nitrogen and oxygen atoms in total. The number of hydrogen-bond acceptors (Lipinski definition) is 9. The highest BCUT2D eigenvalue weighted by molar-refractivity contribution is 8.01. The van der Waals surface area contributed by atoms with Gasteiger partial charge in [0.15, 0.2) is 6.04 Å². The number of nitrogens with two attached hydrogens (primary N) is 1. The maximum Gasteiger partial charge on any atom is 0.352 e. The molecule has 1 aromatic rings. The lowest BCUT2D eigenvalue weighted by Crippen LogP contribution is -2.64. The van der Waals surface area contributed by atoms with E-state index in [4.69, 9.17) is 5.73 Å². The molecule has 0 bridgehead atoms. The van der Waals surface area contributed by atoms with E-state index >= 15 is 0 Å². The quantitative estimate of drug-likeness (QED) is 0.221. The topological polar surface area (TPSA) is 143 Å². The monoisotopic (exact) mass is 480 g/mol. The van der Waals surface area contributed by atoms with Gasteiger partial charge in [-0.25, -0.2) is 9.48 Å². The molecule has 3 aliphatic heterocycles. The fourth-order valence-corrected chi connectivity index (χ4v) is 6.53. The molecule has 4 heterocycles. The molecule has 0 spiro atoms. The number of aliphatic imine (C=N–C) groups is 1. The first-order valence-corrected chi connectivity index (χ1v) is 12.8. The number of carbonyl (C=O) groups excluding carboxylic acids is 1. The standard InChI is InChI=1S/C19H28N8O3S2/c1-25-19(22-23-24-25)32-10-13-9-31-17-14(16(28)27(17)15(13)18(29)30)21-11-26-7-4-12(5-8-26)3-2-6-20/h11-12,14,17H,2-10,20H2,1H3,(H,29,30)/b21-11+/t14?,17-/m1/s1. The smallest absolute Gasteiger partial charge is 0.352 e. The molecular weight excluding hydrogens is 452 g/mol. The average Bonchev–Trinajstić information content (AvgIpc) is 3.21. The Morgan fingerprint density at radius 1 is 1.41 bits per heavy atom. The van der Waals surface area contributed by atoms with Crippen LogP contribution in [-0.4, -0.2) is 95.9 Å². The third kappa shape index (κ3) is 4.79. The summed E-state index contributed by atoms with van der Waals surface area (Å²) in [7, 11) is 1.73. The minimum atomic E-state index is -1.09. The van der Waals surface area contributed by atoms with Crippen LogP contribution in [0.15, 0.2) is 21.4 Å². The average molecular weight is 481 g/mol. The van der Waals surface area contributed by atoms with Crippen molar-refractivity contribution >= 4 is 41.7 Å². The number of likely N-dealkylation sites (tertiary alicyclic amines) is 1. The summed E-state index contributed by atoms with van der Waals surface area (Å²) in [6.07, 6.45) is 6.26. The van der Waals surface area contributed by atoms with E-state index < -0.39 is 12.0 Å². The summed E-state index contributed by atoms with van der Waals surface area (Å²) in [6, 6.07) is -0.526. The first-order valence-electron chi connectivity index (χ1n) is 10.7. The minimum Gasteiger partial charge on any atom is -0.477 e. The molecule has 1 amide bonds. The summed E-state index contributed by atoms with van der Waals surface area (Å²) >= 11 is 2.92. The first kappa shape index (κ1) is 23.1. The molecule has 1 aromatic heterocycles. The number of fused-ring (bicyclic) bond motifs is 1. The molecule has 2 saturated heterocycles. The van der Waals surface area contributed by atoms with Crippen molar-refractivity contribution in [2.24, 2.45) is 23.7 Å². The van der Waals surface area contributed by atoms with E-state index in [1.807, 2.05) is 0 Å². The lowest BCUT2D eigenvalue weighted by atomic mass is 9.92. The second-order valence-electron chi connectivity index (χ2n) is 8.16. The number of hydrogen-bond donors (Lipinski definition) is 2. The van der Waals surface area contributed by atoms with Gasteiger partial charge in [0.1, 0.15) is 11.1 Å². The maximum absolute atomic E-state index is 12.8. The largest absolute Gasteiger partial charge is 0.477 e. The van der Waals surface area contributed by atoms with Crippen LogP contribution in [0.5, 0.6) is 0 Å². The molecule has 0 aromatic carbocycles. The van der Waals surface area contributed by atoms with Gasteiger partial charge in [0.25, 0.3) is 5.91 Å². The van der Waals surface area contributed by atoms with E-state index in [9.17, 15) is 14.7 Å². The number of amides is 1. The molecule has 2 atom stereocenters. The van der Waals surface area contributed by atoms with Gasteiger partial charge in [-0.3, -0.25) is 14.7 Å². The molecule has 0 saturated carbocycles. The molecule has 32 heavy (non-hydrogen) atoms. The number of aliphatic carboxylic acids is 1. The first-order chi connectivity index (χ1) is 15.5. The maximum atomic E-state index is 12.8. The summed E-state index contributed by atoms with van der Waals surface area (Å²) < 4.78 is 1.53. The minimum absolute atomic E-state index is 0.0774. The molecule has 3 N–H and O–H groups in total. The number of thioether (sulfide) groups is 2. The Balaban J connectivity index is 1.36. The van der Waals surface area contributed by atoms with Crippen LogP contribution in [0.4, 0.5) is 0 Å². The van der Waals surface area contributed by atoms with Crippen LogP contribution in [0.1, 0.15) is 25.7 Å². The molecule has 1 unspecified atom stereocenters. The molecule has 0 aliphatic carbocycles. The zero-order valence-corrected chi connectivity index (χ0v) is 19.6. The van der Waals surface area contributed by atoms with Gasteiger partial charge in [-0.05, 0) is 54.1 Å². The van der Waals surface area contributed by atoms with Crippen molar-refractivity contribution in [3.63, 3.8) is 0 Å². The third-order valence-electron chi connectivity index (χ3n) is 6.03. The molecule has 3 aliphatic rings. The van der Waals surface area contributed by atoms with E-state index in [1.165, 1.54) is 27.8 Å². The van der Waals surface area contributed by atoms with Crippen molar-refractivity contribution < 1.29 is 14.7 Å². The number of tetrazole rings is 1. The number of piperidine rings is 1. The second kappa shape index (κ2) is 10.2. The zero-order valence-electron chi connectivity index (χ0n) is 18.0. The lowest BCUT2D eigenvalue weighted by molar-refractivity contribution is -0.147. The Hall–Kier alpha value is -2.12. The van der Waals surface area contributed by atoms with E-state index in [2.05, 4.69) is 25.4 Å². The van der Waals surface area contributed by atoms with E-state index in [-0.39, 0.29) is 17.0 Å². The number of β-lactam (4-membered cyclic amide) rings is 1. The third-order valence-corrected chi connectivity index (χ3v) is 8.46. The highest BCUT2D eigenvalue weighted by Gasteiger charge is 2.53. The number of carboxylic acids is 1. The Kier molecular flexibility index (Phi) is 7.36. The van der Waals surface area contributed by atoms with Crippen LogP contribution in [0.25, 0.3) is 0 Å². The molecular formula is C19H28N8O3S2. The molecule has 2 fully saturated rings. The summed E-state index contributed by atoms with van der Waals surface area (Å²) in [5, 5.41) is 21.4. The van der Waals surface area contributed by atoms with Gasteiger partial charge in [0, 0.05) is 31.6 Å². The van der Waals surface area contributed by atoms with Crippen molar-refractivity contribution in [2.45, 2.75) is 42.3 Å². The van der Waals surface area contributed by atoms with E-state index in [0.717, 1.165) is 44.8 Å². The number of carboxylic acid groups (broad SMARTS) is 1. The molecule has 0 radical (unpaired) electrons. The number of aromatic nitrogens is 4. The Bertz CT molecular complexity index is 912. The summed E-state index contributed by atoms with van der Waals surface area (Å²) in [5.41, 5.74) is 6.38. The predicted molar refractivity (Wildman–Crippen MR) is 122 cm³/mol. The summed E-state index contributed by atoms with van der Waals surface area (Å²) in [5.74, 6) is 0.322. The van der Waals surface area contributed by atoms with Gasteiger partial charge in [-0.15, -0.1) is 16.9 Å². The fraction of sp³-hybridized carbons (Fsp3) is 0.684. The van der Waals surface area contributed by atoms with E-state index in [1.54, 1.807) is 25.1 Å². The van der Waals surface area contributed by atoms with Crippen LogP contribution in [0.2, 0.25) is 0 Å². The number of nitrogens with zero attached hydrogens (tertiary/aromatic N) is 7. The van der Waals surface area contributed by atoms with Crippen LogP contribution < -0.4 is 5.73 Å². The molecule has 174 valence electrons. The van der Waals surface area contributed by atoms with Crippen LogP contribution in [0, 0.1) is 5.92 Å². The van der Waals surface area contributed by atoms with Crippen molar-refractivity contribution in [1.29, 1.82) is 0 Å². The van der Waals surface area contributed by atoms with Crippen molar-refractivity contribution in [3.05, 3.63) is 11.3 Å². The van der Waals surface area contributed by atoms with E-state index in [0.29, 0.717) is 22.2 Å². The predicted octanol–water partition coefficient (Wildman–Crippen LogP) is 0.404. The van der Waals surface area contributed by atoms with Crippen LogP contribution in [-0.2, 0) is 16.6 Å². The zero-order chi connectivity index (χ0) is 22.7. The second-order valence-corrected chi connectivity index (χ2v) is 10.2. The number of carbonyl (C=O) groups is 2. The molecule has 13 heteroatoms. The highest BCUT2D eigenvalue weighted by Crippen LogP contribution is 2.42. The van der Waals surface area contributed by atoms with Crippen molar-refractivity contribution in [1.82, 2.24) is 30.0 Å². The van der Waals surface area contributed by atoms with Gasteiger partial charge in [0.2, 0.25) is 5.16 Å².